The molecule has 2 N–H and O–H groups in total. The summed E-state index contributed by atoms with van der Waals surface area (Å²) in [5, 5.41) is 12.0. The molecule has 0 unspecified atom stereocenters. The van der Waals surface area contributed by atoms with E-state index < -0.39 is 12.0 Å². The first-order valence-corrected chi connectivity index (χ1v) is 9.18. The first kappa shape index (κ1) is 20.6. The number of amides is 1. The lowest BCUT2D eigenvalue weighted by Crippen LogP contribution is -2.43. The van der Waals surface area contributed by atoms with Gasteiger partial charge in [0, 0.05) is 31.6 Å². The summed E-state index contributed by atoms with van der Waals surface area (Å²) in [5.74, 6) is -1.63. The van der Waals surface area contributed by atoms with Crippen LogP contribution in [0.2, 0.25) is 0 Å². The molecule has 3 atom stereocenters. The van der Waals surface area contributed by atoms with Crippen molar-refractivity contribution in [1.29, 1.82) is 0 Å². The molecule has 144 valence electrons. The van der Waals surface area contributed by atoms with Gasteiger partial charge in [-0.3, -0.25) is 9.59 Å². The van der Waals surface area contributed by atoms with Gasteiger partial charge in [0.1, 0.15) is 18.1 Å². The van der Waals surface area contributed by atoms with Crippen LogP contribution in [0.5, 0.6) is 0 Å². The van der Waals surface area contributed by atoms with Gasteiger partial charge in [-0.2, -0.15) is 0 Å². The Labute approximate surface area is 158 Å². The molecule has 0 spiro atoms. The van der Waals surface area contributed by atoms with Crippen molar-refractivity contribution in [1.82, 2.24) is 5.32 Å². The van der Waals surface area contributed by atoms with Crippen molar-refractivity contribution in [2.45, 2.75) is 44.6 Å². The quantitative estimate of drug-likeness (QED) is 0.486. The zero-order valence-corrected chi connectivity index (χ0v) is 15.2. The topological polar surface area (TPSA) is 101 Å². The minimum atomic E-state index is -1.08. The van der Waals surface area contributed by atoms with E-state index in [1.165, 1.54) is 0 Å². The number of carboxylic acid groups (broad SMARTS) is 1. The van der Waals surface area contributed by atoms with Gasteiger partial charge in [0.2, 0.25) is 5.91 Å². The summed E-state index contributed by atoms with van der Waals surface area (Å²) >= 11 is 0. The van der Waals surface area contributed by atoms with E-state index in [2.05, 4.69) is 5.32 Å². The van der Waals surface area contributed by atoms with Crippen LogP contribution in [-0.2, 0) is 25.6 Å². The fourth-order valence-electron chi connectivity index (χ4n) is 3.48. The summed E-state index contributed by atoms with van der Waals surface area (Å²) in [5.41, 5.74) is 0.833. The fraction of sp³-hybridized carbons (Fsp3) is 0.429. The molecule has 0 aliphatic heterocycles. The summed E-state index contributed by atoms with van der Waals surface area (Å²) in [7, 11) is 0. The van der Waals surface area contributed by atoms with Crippen molar-refractivity contribution in [3.05, 3.63) is 48.0 Å². The highest BCUT2D eigenvalue weighted by atomic mass is 16.4. The Morgan fingerprint density at radius 2 is 1.96 bits per heavy atom. The number of hydrogen-bond acceptors (Lipinski definition) is 4. The van der Waals surface area contributed by atoms with E-state index >= 15 is 0 Å². The van der Waals surface area contributed by atoms with E-state index in [1.807, 2.05) is 36.4 Å². The van der Waals surface area contributed by atoms with Crippen LogP contribution >= 0.6 is 0 Å². The third kappa shape index (κ3) is 6.47. The standard InChI is InChI=1S/C21H25NO5/c23-12-6-2-5-9-17-16(10-11-19(17)24)14-20(25)22-18(21(26)27)13-15-7-3-1-4-8-15/h1-5,7-8,12,16-18H,6,9-11,13-14H2,(H,22,25)(H,26,27)/b5-2-/t16-,17+,18+/m1/s1. The van der Waals surface area contributed by atoms with E-state index in [0.29, 0.717) is 25.7 Å². The van der Waals surface area contributed by atoms with Crippen LogP contribution in [0.15, 0.2) is 42.5 Å². The highest BCUT2D eigenvalue weighted by molar-refractivity contribution is 5.87. The molecule has 0 heterocycles. The van der Waals surface area contributed by atoms with Crippen LogP contribution in [0.1, 0.15) is 37.7 Å². The SMILES string of the molecule is O=CC/C=C\C[C@@H]1C(=O)CC[C@@H]1CC(=O)N[C@@H](Cc1ccccc1)C(=O)O. The summed E-state index contributed by atoms with van der Waals surface area (Å²) in [6.07, 6.45) is 6.56. The van der Waals surface area contributed by atoms with E-state index in [1.54, 1.807) is 6.08 Å². The lowest BCUT2D eigenvalue weighted by molar-refractivity contribution is -0.142. The zero-order chi connectivity index (χ0) is 19.6. The van der Waals surface area contributed by atoms with Crippen LogP contribution in [0.25, 0.3) is 0 Å². The highest BCUT2D eigenvalue weighted by Crippen LogP contribution is 2.34. The van der Waals surface area contributed by atoms with E-state index in [9.17, 15) is 24.3 Å². The highest BCUT2D eigenvalue weighted by Gasteiger charge is 2.35. The van der Waals surface area contributed by atoms with E-state index in [-0.39, 0.29) is 36.4 Å². The van der Waals surface area contributed by atoms with Gasteiger partial charge in [0.05, 0.1) is 0 Å². The monoisotopic (exact) mass is 371 g/mol. The van der Waals surface area contributed by atoms with Crippen LogP contribution in [0.4, 0.5) is 0 Å². The molecule has 0 bridgehead atoms. The van der Waals surface area contributed by atoms with Gasteiger partial charge < -0.3 is 15.2 Å². The Morgan fingerprint density at radius 1 is 1.22 bits per heavy atom. The maximum Gasteiger partial charge on any atom is 0.326 e. The van der Waals surface area contributed by atoms with Crippen molar-refractivity contribution >= 4 is 23.9 Å². The molecule has 1 aromatic rings. The van der Waals surface area contributed by atoms with Crippen molar-refractivity contribution in [2.75, 3.05) is 0 Å². The minimum Gasteiger partial charge on any atom is -0.480 e. The third-order valence-electron chi connectivity index (χ3n) is 4.90. The molecule has 0 radical (unpaired) electrons. The number of rotatable bonds is 10. The molecule has 1 fully saturated rings. The smallest absolute Gasteiger partial charge is 0.326 e. The van der Waals surface area contributed by atoms with Gasteiger partial charge in [-0.25, -0.2) is 4.79 Å². The summed E-state index contributed by atoms with van der Waals surface area (Å²) < 4.78 is 0. The Bertz CT molecular complexity index is 698. The van der Waals surface area contributed by atoms with Gasteiger partial charge in [0.25, 0.3) is 0 Å². The van der Waals surface area contributed by atoms with Gasteiger partial charge in [0.15, 0.2) is 0 Å². The van der Waals surface area contributed by atoms with E-state index in [4.69, 9.17) is 0 Å². The number of allylic oxidation sites excluding steroid dienone is 2. The number of Topliss-reactive ketones (excluding diaryl/α,β-unsaturated/α-hetero) is 1. The largest absolute Gasteiger partial charge is 0.480 e. The van der Waals surface area contributed by atoms with E-state index in [0.717, 1.165) is 11.8 Å². The molecule has 1 amide bonds. The number of benzene rings is 1. The number of aldehydes is 1. The fourth-order valence-corrected chi connectivity index (χ4v) is 3.48. The second-order valence-electron chi connectivity index (χ2n) is 6.83. The van der Waals surface area contributed by atoms with Crippen LogP contribution in [0.3, 0.4) is 0 Å². The molecule has 1 aromatic carbocycles. The zero-order valence-electron chi connectivity index (χ0n) is 15.2. The second kappa shape index (κ2) is 10.4. The number of ketones is 1. The number of carboxylic acids is 1. The summed E-state index contributed by atoms with van der Waals surface area (Å²) in [6, 6.07) is 8.13. The maximum atomic E-state index is 12.4. The van der Waals surface area contributed by atoms with Crippen molar-refractivity contribution in [2.24, 2.45) is 11.8 Å². The average molecular weight is 371 g/mol. The lowest BCUT2D eigenvalue weighted by Gasteiger charge is -2.19. The summed E-state index contributed by atoms with van der Waals surface area (Å²) in [4.78, 5) is 46.3. The molecule has 1 aliphatic rings. The van der Waals surface area contributed by atoms with Gasteiger partial charge >= 0.3 is 5.97 Å². The van der Waals surface area contributed by atoms with Crippen molar-refractivity contribution in [3.63, 3.8) is 0 Å². The normalized spacial score (nSPS) is 20.5. The molecule has 1 saturated carbocycles. The predicted molar refractivity (Wildman–Crippen MR) is 100.0 cm³/mol. The molecule has 0 saturated heterocycles. The molecule has 0 aromatic heterocycles. The van der Waals surface area contributed by atoms with Crippen LogP contribution in [0, 0.1) is 11.8 Å². The number of carbonyl (C=O) groups is 4. The summed E-state index contributed by atoms with van der Waals surface area (Å²) in [6.45, 7) is 0. The van der Waals surface area contributed by atoms with Crippen molar-refractivity contribution < 1.29 is 24.3 Å². The average Bonchev–Trinajstić information content (AvgIpc) is 2.98. The van der Waals surface area contributed by atoms with Gasteiger partial charge in [-0.1, -0.05) is 42.5 Å². The Morgan fingerprint density at radius 3 is 2.63 bits per heavy atom. The lowest BCUT2D eigenvalue weighted by atomic mass is 9.89. The van der Waals surface area contributed by atoms with Crippen LogP contribution < -0.4 is 5.32 Å². The van der Waals surface area contributed by atoms with Gasteiger partial charge in [-0.05, 0) is 24.3 Å². The number of hydrogen-bond donors (Lipinski definition) is 2. The molecule has 27 heavy (non-hydrogen) atoms. The molecule has 1 aliphatic carbocycles. The number of aliphatic carboxylic acids is 1. The Kier molecular flexibility index (Phi) is 7.92. The second-order valence-corrected chi connectivity index (χ2v) is 6.83. The van der Waals surface area contributed by atoms with Gasteiger partial charge in [-0.15, -0.1) is 0 Å². The molecule has 6 heteroatoms. The molecule has 6 nitrogen and oxygen atoms in total. The molecule has 2 rings (SSSR count). The van der Waals surface area contributed by atoms with Crippen molar-refractivity contribution in [3.8, 4) is 0 Å². The first-order chi connectivity index (χ1) is 13.0. The molecular formula is C21H25NO5. The number of carbonyl (C=O) groups excluding carboxylic acids is 3. The first-order valence-electron chi connectivity index (χ1n) is 9.18. The third-order valence-corrected chi connectivity index (χ3v) is 4.90. The Hall–Kier alpha value is -2.76. The Balaban J connectivity index is 1.92. The number of nitrogens with one attached hydrogen (secondary N) is 1. The maximum absolute atomic E-state index is 12.4. The minimum absolute atomic E-state index is 0.0930. The molecular weight excluding hydrogens is 346 g/mol. The predicted octanol–water partition coefficient (Wildman–Crippen LogP) is 2.32. The van der Waals surface area contributed by atoms with Crippen LogP contribution in [-0.4, -0.2) is 35.1 Å².